The molecule has 0 aromatic heterocycles. The predicted molar refractivity (Wildman–Crippen MR) is 143 cm³/mol. The van der Waals surface area contributed by atoms with E-state index in [0.717, 1.165) is 0 Å². The average Bonchev–Trinajstić information content (AvgIpc) is 2.72. The van der Waals surface area contributed by atoms with Crippen LogP contribution in [0, 0.1) is 0 Å². The molecule has 0 aliphatic heterocycles. The molecule has 0 bridgehead atoms. The lowest BCUT2D eigenvalue weighted by Gasteiger charge is -2.23. The summed E-state index contributed by atoms with van der Waals surface area (Å²) in [6.07, 6.45) is 27.0. The van der Waals surface area contributed by atoms with E-state index >= 15 is 0 Å². The average molecular weight is 452 g/mol. The van der Waals surface area contributed by atoms with Gasteiger partial charge in [0.15, 0.2) is 0 Å². The Bertz CT molecular complexity index is 506. The van der Waals surface area contributed by atoms with Crippen molar-refractivity contribution in [3.05, 3.63) is 35.4 Å². The van der Waals surface area contributed by atoms with Crippen molar-refractivity contribution >= 4 is 12.4 Å². The first-order valence-corrected chi connectivity index (χ1v) is 13.4. The molecule has 2 N–H and O–H groups in total. The van der Waals surface area contributed by atoms with Crippen LogP contribution in [0.4, 0.5) is 0 Å². The number of nitrogens with two attached hydrogens (primary N) is 1. The molecule has 1 rings (SSSR count). The van der Waals surface area contributed by atoms with Gasteiger partial charge in [0.05, 0.1) is 0 Å². The van der Waals surface area contributed by atoms with Gasteiger partial charge in [-0.15, -0.1) is 12.4 Å². The minimum Gasteiger partial charge on any atom is -0.322 e. The van der Waals surface area contributed by atoms with Gasteiger partial charge in [-0.05, 0) is 37.8 Å². The summed E-state index contributed by atoms with van der Waals surface area (Å²) in [6, 6.07) is 8.73. The molecule has 0 unspecified atom stereocenters. The lowest BCUT2D eigenvalue weighted by Crippen LogP contribution is -2.30. The van der Waals surface area contributed by atoms with Crippen molar-refractivity contribution in [1.82, 2.24) is 0 Å². The lowest BCUT2D eigenvalue weighted by atomic mass is 9.89. The molecule has 1 nitrogen and oxygen atoms in total. The second kappa shape index (κ2) is 20.1. The van der Waals surface area contributed by atoms with E-state index in [1.54, 1.807) is 0 Å². The molecular weight excluding hydrogens is 398 g/mol. The normalized spacial score (nSPS) is 11.5. The van der Waals surface area contributed by atoms with Gasteiger partial charge < -0.3 is 5.73 Å². The predicted octanol–water partition coefficient (Wildman–Crippen LogP) is 9.89. The zero-order valence-corrected chi connectivity index (χ0v) is 22.0. The molecular formula is C29H54ClN. The van der Waals surface area contributed by atoms with E-state index in [0.29, 0.717) is 0 Å². The molecule has 0 saturated carbocycles. The Morgan fingerprint density at radius 3 is 1.32 bits per heavy atom. The minimum atomic E-state index is -0.231. The summed E-state index contributed by atoms with van der Waals surface area (Å²) in [5.74, 6) is 0. The number of aryl methyl sites for hydroxylation is 1. The highest BCUT2D eigenvalue weighted by Crippen LogP contribution is 2.23. The van der Waals surface area contributed by atoms with Gasteiger partial charge in [-0.1, -0.05) is 140 Å². The first-order valence-electron chi connectivity index (χ1n) is 13.4. The molecule has 31 heavy (non-hydrogen) atoms. The van der Waals surface area contributed by atoms with E-state index in [4.69, 9.17) is 5.73 Å². The number of hydrogen-bond donors (Lipinski definition) is 1. The maximum atomic E-state index is 6.33. The van der Waals surface area contributed by atoms with Crippen molar-refractivity contribution in [2.75, 3.05) is 0 Å². The summed E-state index contributed by atoms with van der Waals surface area (Å²) in [5.41, 5.74) is 8.86. The first-order chi connectivity index (χ1) is 14.6. The zero-order valence-electron chi connectivity index (χ0n) is 21.2. The SMILES string of the molecule is CCCCCCCCCCCCCCCCCCCCc1ccccc1C(C)(C)N.Cl. The standard InChI is InChI=1S/C29H53N.ClH/c1-4-5-6-7-8-9-10-11-12-13-14-15-16-17-18-19-20-21-24-27-25-22-23-26-28(27)29(2,3)30;/h22-23,25-26H,4-21,24,30H2,1-3H3;1H. The van der Waals surface area contributed by atoms with E-state index in [-0.39, 0.29) is 17.9 Å². The zero-order chi connectivity index (χ0) is 21.9. The summed E-state index contributed by atoms with van der Waals surface area (Å²) in [7, 11) is 0. The third-order valence-electron chi connectivity index (χ3n) is 6.51. The van der Waals surface area contributed by atoms with E-state index in [9.17, 15) is 0 Å². The van der Waals surface area contributed by atoms with Crippen LogP contribution in [0.1, 0.15) is 147 Å². The van der Waals surface area contributed by atoms with Gasteiger partial charge in [0, 0.05) is 5.54 Å². The van der Waals surface area contributed by atoms with Gasteiger partial charge >= 0.3 is 0 Å². The number of unbranched alkanes of at least 4 members (excludes halogenated alkanes) is 17. The third kappa shape index (κ3) is 16.7. The fraction of sp³-hybridized carbons (Fsp3) is 0.793. The van der Waals surface area contributed by atoms with Crippen molar-refractivity contribution in [2.45, 2.75) is 148 Å². The van der Waals surface area contributed by atoms with E-state index < -0.39 is 0 Å². The van der Waals surface area contributed by atoms with Gasteiger partial charge in [0.2, 0.25) is 0 Å². The van der Waals surface area contributed by atoms with Crippen LogP contribution in [-0.2, 0) is 12.0 Å². The molecule has 0 fully saturated rings. The Kier molecular flexibility index (Phi) is 19.8. The van der Waals surface area contributed by atoms with E-state index in [2.05, 4.69) is 45.0 Å². The Morgan fingerprint density at radius 2 is 0.935 bits per heavy atom. The molecule has 1 aromatic rings. The fourth-order valence-electron chi connectivity index (χ4n) is 4.58. The minimum absolute atomic E-state index is 0. The number of halogens is 1. The van der Waals surface area contributed by atoms with Crippen molar-refractivity contribution < 1.29 is 0 Å². The second-order valence-corrected chi connectivity index (χ2v) is 10.1. The quantitative estimate of drug-likeness (QED) is 0.196. The highest BCUT2D eigenvalue weighted by molar-refractivity contribution is 5.85. The van der Waals surface area contributed by atoms with E-state index in [1.165, 1.54) is 133 Å². The Hall–Kier alpha value is -0.530. The lowest BCUT2D eigenvalue weighted by molar-refractivity contribution is 0.523. The monoisotopic (exact) mass is 451 g/mol. The molecule has 0 spiro atoms. The maximum Gasteiger partial charge on any atom is 0.0355 e. The Balaban J connectivity index is 0.00000900. The van der Waals surface area contributed by atoms with Crippen LogP contribution in [0.2, 0.25) is 0 Å². The molecule has 0 heterocycles. The number of hydrogen-bond acceptors (Lipinski definition) is 1. The van der Waals surface area contributed by atoms with Crippen LogP contribution in [0.3, 0.4) is 0 Å². The second-order valence-electron chi connectivity index (χ2n) is 10.1. The van der Waals surface area contributed by atoms with Gasteiger partial charge in [-0.2, -0.15) is 0 Å². The smallest absolute Gasteiger partial charge is 0.0355 e. The highest BCUT2D eigenvalue weighted by Gasteiger charge is 2.17. The van der Waals surface area contributed by atoms with Crippen LogP contribution in [0.5, 0.6) is 0 Å². The molecule has 0 amide bonds. The summed E-state index contributed by atoms with van der Waals surface area (Å²) in [4.78, 5) is 0. The third-order valence-corrected chi connectivity index (χ3v) is 6.51. The van der Waals surface area contributed by atoms with Crippen molar-refractivity contribution in [3.8, 4) is 0 Å². The molecule has 0 atom stereocenters. The van der Waals surface area contributed by atoms with Crippen molar-refractivity contribution in [1.29, 1.82) is 0 Å². The molecule has 2 heteroatoms. The van der Waals surface area contributed by atoms with Crippen molar-refractivity contribution in [2.24, 2.45) is 5.73 Å². The molecule has 1 aromatic carbocycles. The summed E-state index contributed by atoms with van der Waals surface area (Å²) < 4.78 is 0. The summed E-state index contributed by atoms with van der Waals surface area (Å²) in [5, 5.41) is 0. The van der Waals surface area contributed by atoms with Crippen LogP contribution in [0.15, 0.2) is 24.3 Å². The van der Waals surface area contributed by atoms with Gasteiger partial charge in [-0.3, -0.25) is 0 Å². The topological polar surface area (TPSA) is 26.0 Å². The maximum absolute atomic E-state index is 6.33. The largest absolute Gasteiger partial charge is 0.322 e. The highest BCUT2D eigenvalue weighted by atomic mass is 35.5. The van der Waals surface area contributed by atoms with Crippen LogP contribution < -0.4 is 5.73 Å². The molecule has 0 radical (unpaired) electrons. The number of benzene rings is 1. The van der Waals surface area contributed by atoms with Gasteiger partial charge in [-0.25, -0.2) is 0 Å². The number of rotatable bonds is 20. The van der Waals surface area contributed by atoms with Crippen molar-refractivity contribution in [3.63, 3.8) is 0 Å². The van der Waals surface area contributed by atoms with Crippen LogP contribution in [-0.4, -0.2) is 0 Å². The Labute approximate surface area is 201 Å². The summed E-state index contributed by atoms with van der Waals surface area (Å²) >= 11 is 0. The van der Waals surface area contributed by atoms with E-state index in [1.807, 2.05) is 0 Å². The van der Waals surface area contributed by atoms with Gasteiger partial charge in [0.1, 0.15) is 0 Å². The van der Waals surface area contributed by atoms with Gasteiger partial charge in [0.25, 0.3) is 0 Å². The fourth-order valence-corrected chi connectivity index (χ4v) is 4.58. The molecule has 0 saturated heterocycles. The van der Waals surface area contributed by atoms with Crippen LogP contribution >= 0.6 is 12.4 Å². The molecule has 0 aliphatic carbocycles. The first kappa shape index (κ1) is 30.5. The molecule has 0 aliphatic rings. The van der Waals surface area contributed by atoms with Crippen LogP contribution in [0.25, 0.3) is 0 Å². The molecule has 182 valence electrons. The Morgan fingerprint density at radius 1 is 0.581 bits per heavy atom. The summed E-state index contributed by atoms with van der Waals surface area (Å²) in [6.45, 7) is 6.52.